The second-order valence-corrected chi connectivity index (χ2v) is 8.58. The maximum absolute atomic E-state index is 12.5. The summed E-state index contributed by atoms with van der Waals surface area (Å²) in [4.78, 5) is 28.0. The summed E-state index contributed by atoms with van der Waals surface area (Å²) >= 11 is 6.31. The molecule has 2 amide bonds. The molecule has 6 nitrogen and oxygen atoms in total. The number of nitrogens with zero attached hydrogens (tertiary/aromatic N) is 3. The molecule has 1 aromatic carbocycles. The smallest absolute Gasteiger partial charge is 0.375 e. The van der Waals surface area contributed by atoms with Crippen LogP contribution in [0.2, 0.25) is 5.02 Å². The van der Waals surface area contributed by atoms with Gasteiger partial charge in [0.2, 0.25) is 0 Å². The molecule has 0 atom stereocenters. The Morgan fingerprint density at radius 1 is 1.03 bits per heavy atom. The number of halogens is 4. The van der Waals surface area contributed by atoms with E-state index in [-0.39, 0.29) is 31.2 Å². The normalized spacial score (nSPS) is 18.9. The Labute approximate surface area is 184 Å². The molecule has 0 bridgehead atoms. The van der Waals surface area contributed by atoms with E-state index >= 15 is 0 Å². The first-order valence-electron chi connectivity index (χ1n) is 10.3. The summed E-state index contributed by atoms with van der Waals surface area (Å²) in [5.41, 5.74) is 1.40. The van der Waals surface area contributed by atoms with Gasteiger partial charge in [-0.25, -0.2) is 0 Å². The van der Waals surface area contributed by atoms with Gasteiger partial charge in [0.1, 0.15) is 0 Å². The molecule has 10 heteroatoms. The van der Waals surface area contributed by atoms with Crippen LogP contribution in [-0.4, -0.2) is 80.3 Å². The van der Waals surface area contributed by atoms with Crippen LogP contribution in [0.4, 0.5) is 18.9 Å². The zero-order valence-electron chi connectivity index (χ0n) is 17.6. The predicted octanol–water partition coefficient (Wildman–Crippen LogP) is 3.58. The highest BCUT2D eigenvalue weighted by Crippen LogP contribution is 2.29. The monoisotopic (exact) mass is 461 g/mol. The van der Waals surface area contributed by atoms with Crippen LogP contribution >= 0.6 is 11.6 Å². The number of carbonyl (C=O) groups is 2. The minimum Gasteiger partial charge on any atom is -0.375 e. The number of piperidine rings is 2. The number of hydrogen-bond donors (Lipinski definition) is 0. The van der Waals surface area contributed by atoms with E-state index < -0.39 is 12.1 Å². The molecular weight excluding hydrogens is 435 g/mol. The topological polar surface area (TPSA) is 53.1 Å². The predicted molar refractivity (Wildman–Crippen MR) is 111 cm³/mol. The highest BCUT2D eigenvalue weighted by Gasteiger charge is 2.43. The number of benzene rings is 1. The summed E-state index contributed by atoms with van der Waals surface area (Å²) in [7, 11) is 3.35. The molecular formula is C21H27ClF3N3O3. The lowest BCUT2D eigenvalue weighted by Crippen LogP contribution is -2.47. The fraction of sp³-hybridized carbons (Fsp3) is 0.619. The van der Waals surface area contributed by atoms with Crippen molar-refractivity contribution in [3.8, 4) is 0 Å². The van der Waals surface area contributed by atoms with Crippen molar-refractivity contribution in [3.63, 3.8) is 0 Å². The van der Waals surface area contributed by atoms with Crippen LogP contribution in [0.15, 0.2) is 18.2 Å². The average molecular weight is 462 g/mol. The van der Waals surface area contributed by atoms with Gasteiger partial charge >= 0.3 is 12.1 Å². The molecule has 172 valence electrons. The molecule has 2 aliphatic rings. The van der Waals surface area contributed by atoms with Gasteiger partial charge in [-0.15, -0.1) is 0 Å². The van der Waals surface area contributed by atoms with Crippen molar-refractivity contribution in [1.29, 1.82) is 0 Å². The average Bonchev–Trinajstić information content (AvgIpc) is 2.73. The van der Waals surface area contributed by atoms with Crippen LogP contribution in [0.3, 0.4) is 0 Å². The van der Waals surface area contributed by atoms with Crippen LogP contribution in [0, 0.1) is 0 Å². The zero-order valence-corrected chi connectivity index (χ0v) is 18.4. The fourth-order valence-electron chi connectivity index (χ4n) is 4.01. The minimum absolute atomic E-state index is 0.0381. The molecule has 0 spiro atoms. The third-order valence-electron chi connectivity index (χ3n) is 5.75. The number of carbonyl (C=O) groups excluding carboxylic acids is 2. The standard InChI is InChI=1S/C21H27ClF3N3O3/c1-26(2)19(29)17-4-3-14(13-18(17)22)27-9-5-15(6-10-27)31-16-7-11-28(12-8-16)20(30)21(23,24)25/h3-4,13,15-16H,5-12H2,1-2H3. The first kappa shape index (κ1) is 23.7. The minimum atomic E-state index is -4.82. The number of likely N-dealkylation sites (tertiary alicyclic amines) is 1. The van der Waals surface area contributed by atoms with E-state index in [2.05, 4.69) is 4.90 Å². The third kappa shape index (κ3) is 5.83. The van der Waals surface area contributed by atoms with Gasteiger partial charge in [-0.1, -0.05) is 11.6 Å². The molecule has 0 N–H and O–H groups in total. The summed E-state index contributed by atoms with van der Waals surface area (Å²) in [6.07, 6.45) is -2.50. The lowest BCUT2D eigenvalue weighted by Gasteiger charge is -2.38. The quantitative estimate of drug-likeness (QED) is 0.687. The summed E-state index contributed by atoms with van der Waals surface area (Å²) in [5, 5.41) is 0.412. The van der Waals surface area contributed by atoms with Crippen LogP contribution < -0.4 is 4.90 Å². The van der Waals surface area contributed by atoms with Crippen molar-refractivity contribution in [2.45, 2.75) is 44.1 Å². The number of ether oxygens (including phenoxy) is 1. The van der Waals surface area contributed by atoms with E-state index in [4.69, 9.17) is 16.3 Å². The van der Waals surface area contributed by atoms with Crippen molar-refractivity contribution in [2.75, 3.05) is 45.2 Å². The lowest BCUT2D eigenvalue weighted by molar-refractivity contribution is -0.188. The first-order chi connectivity index (χ1) is 14.6. The number of rotatable bonds is 4. The molecule has 0 aromatic heterocycles. The van der Waals surface area contributed by atoms with E-state index in [0.29, 0.717) is 23.4 Å². The van der Waals surface area contributed by atoms with Crippen molar-refractivity contribution in [1.82, 2.24) is 9.80 Å². The molecule has 3 rings (SSSR count). The maximum atomic E-state index is 12.5. The highest BCUT2D eigenvalue weighted by molar-refractivity contribution is 6.34. The van der Waals surface area contributed by atoms with Gasteiger partial charge in [0.15, 0.2) is 0 Å². The van der Waals surface area contributed by atoms with E-state index in [9.17, 15) is 22.8 Å². The molecule has 2 fully saturated rings. The maximum Gasteiger partial charge on any atom is 0.471 e. The summed E-state index contributed by atoms with van der Waals surface area (Å²) in [6, 6.07) is 5.42. The van der Waals surface area contributed by atoms with Gasteiger partial charge in [0, 0.05) is 46.0 Å². The summed E-state index contributed by atoms with van der Waals surface area (Å²) in [5.74, 6) is -1.91. The molecule has 2 aliphatic heterocycles. The van der Waals surface area contributed by atoms with E-state index in [0.717, 1.165) is 36.5 Å². The van der Waals surface area contributed by atoms with Crippen molar-refractivity contribution >= 4 is 29.1 Å². The zero-order chi connectivity index (χ0) is 22.8. The van der Waals surface area contributed by atoms with Gasteiger partial charge in [0.05, 0.1) is 22.8 Å². The van der Waals surface area contributed by atoms with Gasteiger partial charge in [0.25, 0.3) is 5.91 Å². The van der Waals surface area contributed by atoms with Gasteiger partial charge in [-0.3, -0.25) is 9.59 Å². The second kappa shape index (κ2) is 9.65. The second-order valence-electron chi connectivity index (χ2n) is 8.18. The molecule has 0 saturated carbocycles. The Kier molecular flexibility index (Phi) is 7.36. The van der Waals surface area contributed by atoms with E-state index in [1.165, 1.54) is 4.90 Å². The van der Waals surface area contributed by atoms with Gasteiger partial charge in [-0.2, -0.15) is 13.2 Å². The third-order valence-corrected chi connectivity index (χ3v) is 6.07. The van der Waals surface area contributed by atoms with Crippen LogP contribution in [-0.2, 0) is 9.53 Å². The van der Waals surface area contributed by atoms with E-state index in [1.54, 1.807) is 26.2 Å². The Morgan fingerprint density at radius 2 is 1.58 bits per heavy atom. The van der Waals surface area contributed by atoms with Crippen molar-refractivity contribution in [2.24, 2.45) is 0 Å². The number of hydrogen-bond acceptors (Lipinski definition) is 4. The first-order valence-corrected chi connectivity index (χ1v) is 10.7. The van der Waals surface area contributed by atoms with Crippen molar-refractivity contribution in [3.05, 3.63) is 28.8 Å². The molecule has 0 radical (unpaired) electrons. The van der Waals surface area contributed by atoms with Gasteiger partial charge < -0.3 is 19.4 Å². The van der Waals surface area contributed by atoms with Crippen LogP contribution in [0.5, 0.6) is 0 Å². The SMILES string of the molecule is CN(C)C(=O)c1ccc(N2CCC(OC3CCN(C(=O)C(F)(F)F)CC3)CC2)cc1Cl. The Balaban J connectivity index is 1.47. The van der Waals surface area contributed by atoms with E-state index in [1.807, 2.05) is 6.07 Å². The highest BCUT2D eigenvalue weighted by atomic mass is 35.5. The molecule has 31 heavy (non-hydrogen) atoms. The lowest BCUT2D eigenvalue weighted by atomic mass is 10.0. The Bertz CT molecular complexity index is 803. The largest absolute Gasteiger partial charge is 0.471 e. The number of alkyl halides is 3. The molecule has 0 unspecified atom stereocenters. The number of amides is 2. The molecule has 2 saturated heterocycles. The van der Waals surface area contributed by atoms with Crippen molar-refractivity contribution < 1.29 is 27.5 Å². The molecule has 0 aliphatic carbocycles. The summed E-state index contributed by atoms with van der Waals surface area (Å²) in [6.45, 7) is 1.65. The number of anilines is 1. The van der Waals surface area contributed by atoms with Gasteiger partial charge in [-0.05, 0) is 43.9 Å². The fourth-order valence-corrected chi connectivity index (χ4v) is 4.27. The van der Waals surface area contributed by atoms with Crippen LogP contribution in [0.1, 0.15) is 36.0 Å². The Hall–Kier alpha value is -2.00. The molecule has 2 heterocycles. The summed E-state index contributed by atoms with van der Waals surface area (Å²) < 4.78 is 43.8. The molecule has 1 aromatic rings. The van der Waals surface area contributed by atoms with Crippen LogP contribution in [0.25, 0.3) is 0 Å². The Morgan fingerprint density at radius 3 is 2.06 bits per heavy atom.